The van der Waals surface area contributed by atoms with Gasteiger partial charge >= 0.3 is 6.18 Å². The van der Waals surface area contributed by atoms with Crippen LogP contribution in [0.4, 0.5) is 24.5 Å². The summed E-state index contributed by atoms with van der Waals surface area (Å²) in [6.07, 6.45) is -3.61. The highest BCUT2D eigenvalue weighted by molar-refractivity contribution is 5.78. The van der Waals surface area contributed by atoms with Gasteiger partial charge in [-0.15, -0.1) is 0 Å². The monoisotopic (exact) mass is 345 g/mol. The number of amides is 1. The maximum atomic E-state index is 12.7. The number of nitro benzene ring substituents is 1. The zero-order valence-corrected chi connectivity index (χ0v) is 13.3. The molecule has 0 spiro atoms. The van der Waals surface area contributed by atoms with Crippen LogP contribution in [0.15, 0.2) is 18.2 Å². The van der Waals surface area contributed by atoms with E-state index in [9.17, 15) is 28.1 Å². The quantitative estimate of drug-likeness (QED) is 0.624. The largest absolute Gasteiger partial charge is 0.416 e. The lowest BCUT2D eigenvalue weighted by atomic mass is 9.95. The van der Waals surface area contributed by atoms with Crippen molar-refractivity contribution < 1.29 is 22.9 Å². The van der Waals surface area contributed by atoms with Crippen molar-refractivity contribution in [2.45, 2.75) is 19.0 Å². The van der Waals surface area contributed by atoms with Crippen LogP contribution in [0.3, 0.4) is 0 Å². The molecule has 1 heterocycles. The lowest BCUT2D eigenvalue weighted by Gasteiger charge is -2.33. The van der Waals surface area contributed by atoms with E-state index in [-0.39, 0.29) is 17.5 Å². The van der Waals surface area contributed by atoms with Crippen molar-refractivity contribution in [3.8, 4) is 0 Å². The molecule has 1 aliphatic rings. The van der Waals surface area contributed by atoms with E-state index < -0.39 is 22.4 Å². The molecule has 0 radical (unpaired) electrons. The number of anilines is 1. The zero-order chi connectivity index (χ0) is 18.1. The van der Waals surface area contributed by atoms with Gasteiger partial charge in [0.25, 0.3) is 5.69 Å². The van der Waals surface area contributed by atoms with Gasteiger partial charge in [0.1, 0.15) is 5.69 Å². The summed E-state index contributed by atoms with van der Waals surface area (Å²) in [4.78, 5) is 25.5. The summed E-state index contributed by atoms with van der Waals surface area (Å²) < 4.78 is 38.2. The van der Waals surface area contributed by atoms with Crippen LogP contribution in [0, 0.1) is 16.0 Å². The highest BCUT2D eigenvalue weighted by atomic mass is 19.4. The molecule has 0 atom stereocenters. The van der Waals surface area contributed by atoms with E-state index in [0.29, 0.717) is 32.0 Å². The molecule has 1 aliphatic heterocycles. The van der Waals surface area contributed by atoms with E-state index in [1.165, 1.54) is 4.90 Å². The number of hydrogen-bond acceptors (Lipinski definition) is 4. The maximum Gasteiger partial charge on any atom is 0.416 e. The fourth-order valence-electron chi connectivity index (χ4n) is 2.85. The Morgan fingerprint density at radius 3 is 2.33 bits per heavy atom. The normalized spacial score (nSPS) is 16.1. The van der Waals surface area contributed by atoms with Gasteiger partial charge in [-0.2, -0.15) is 13.2 Å². The second-order valence-corrected chi connectivity index (χ2v) is 5.95. The minimum absolute atomic E-state index is 0.00318. The standard InChI is InChI=1S/C15H18F3N3O3/c1-19(2)14(22)10-5-7-20(8-6-10)12-4-3-11(15(16,17)18)9-13(12)21(23)24/h3-4,9-10H,5-8H2,1-2H3. The van der Waals surface area contributed by atoms with E-state index in [4.69, 9.17) is 0 Å². The molecular formula is C15H18F3N3O3. The number of benzene rings is 1. The average Bonchev–Trinajstić information content (AvgIpc) is 2.52. The second-order valence-electron chi connectivity index (χ2n) is 5.95. The number of carbonyl (C=O) groups excluding carboxylic acids is 1. The number of alkyl halides is 3. The Hall–Kier alpha value is -2.32. The van der Waals surface area contributed by atoms with Crippen molar-refractivity contribution in [2.24, 2.45) is 5.92 Å². The Labute approximate surface area is 137 Å². The fraction of sp³-hybridized carbons (Fsp3) is 0.533. The number of rotatable bonds is 3. The topological polar surface area (TPSA) is 66.7 Å². The van der Waals surface area contributed by atoms with Crippen LogP contribution >= 0.6 is 0 Å². The molecule has 1 amide bonds. The number of nitro groups is 1. The van der Waals surface area contributed by atoms with Crippen LogP contribution in [-0.4, -0.2) is 42.9 Å². The van der Waals surface area contributed by atoms with Crippen LogP contribution in [-0.2, 0) is 11.0 Å². The van der Waals surface area contributed by atoms with Gasteiger partial charge in [-0.05, 0) is 25.0 Å². The minimum Gasteiger partial charge on any atom is -0.366 e. The van der Waals surface area contributed by atoms with Gasteiger partial charge in [0, 0.05) is 39.2 Å². The van der Waals surface area contributed by atoms with E-state index in [2.05, 4.69) is 0 Å². The SMILES string of the molecule is CN(C)C(=O)C1CCN(c2ccc(C(F)(F)F)cc2[N+](=O)[O-])CC1. The van der Waals surface area contributed by atoms with Crippen molar-refractivity contribution in [1.29, 1.82) is 0 Å². The summed E-state index contributed by atoms with van der Waals surface area (Å²) in [5.74, 6) is -0.165. The number of hydrogen-bond donors (Lipinski definition) is 0. The van der Waals surface area contributed by atoms with Crippen molar-refractivity contribution in [3.05, 3.63) is 33.9 Å². The first-order chi connectivity index (χ1) is 11.1. The van der Waals surface area contributed by atoms with E-state index in [0.717, 1.165) is 12.1 Å². The fourth-order valence-corrected chi connectivity index (χ4v) is 2.85. The van der Waals surface area contributed by atoms with Gasteiger partial charge in [0.05, 0.1) is 10.5 Å². The van der Waals surface area contributed by atoms with Crippen molar-refractivity contribution in [3.63, 3.8) is 0 Å². The third-order valence-corrected chi connectivity index (χ3v) is 4.13. The smallest absolute Gasteiger partial charge is 0.366 e. The molecule has 0 bridgehead atoms. The molecule has 1 fully saturated rings. The molecule has 1 aromatic rings. The van der Waals surface area contributed by atoms with Gasteiger partial charge in [-0.1, -0.05) is 0 Å². The van der Waals surface area contributed by atoms with Crippen LogP contribution in [0.2, 0.25) is 0 Å². The summed E-state index contributed by atoms with van der Waals surface area (Å²) in [7, 11) is 3.32. The van der Waals surface area contributed by atoms with Gasteiger partial charge in [0.2, 0.25) is 5.91 Å². The average molecular weight is 345 g/mol. The minimum atomic E-state index is -4.63. The zero-order valence-electron chi connectivity index (χ0n) is 13.3. The first-order valence-corrected chi connectivity index (χ1v) is 7.43. The van der Waals surface area contributed by atoms with E-state index in [1.54, 1.807) is 19.0 Å². The number of carbonyl (C=O) groups is 1. The summed E-state index contributed by atoms with van der Waals surface area (Å²) in [5.41, 5.74) is -1.46. The number of piperidine rings is 1. The first kappa shape index (κ1) is 18.0. The highest BCUT2D eigenvalue weighted by Gasteiger charge is 2.35. The van der Waals surface area contributed by atoms with Crippen molar-refractivity contribution in [1.82, 2.24) is 4.90 Å². The summed E-state index contributed by atoms with van der Waals surface area (Å²) in [6, 6.07) is 2.54. The van der Waals surface area contributed by atoms with Crippen LogP contribution in [0.5, 0.6) is 0 Å². The Balaban J connectivity index is 2.21. The molecule has 9 heteroatoms. The molecule has 0 saturated carbocycles. The van der Waals surface area contributed by atoms with E-state index in [1.807, 2.05) is 0 Å². The molecule has 1 aromatic carbocycles. The van der Waals surface area contributed by atoms with Crippen LogP contribution < -0.4 is 4.90 Å². The molecule has 2 rings (SSSR count). The van der Waals surface area contributed by atoms with Crippen molar-refractivity contribution in [2.75, 3.05) is 32.1 Å². The Morgan fingerprint density at radius 1 is 1.29 bits per heavy atom. The summed E-state index contributed by atoms with van der Waals surface area (Å²) in [5, 5.41) is 11.2. The lowest BCUT2D eigenvalue weighted by molar-refractivity contribution is -0.384. The number of nitrogens with zero attached hydrogens (tertiary/aromatic N) is 3. The highest BCUT2D eigenvalue weighted by Crippen LogP contribution is 2.37. The third-order valence-electron chi connectivity index (χ3n) is 4.13. The molecule has 0 aliphatic carbocycles. The molecule has 24 heavy (non-hydrogen) atoms. The predicted molar refractivity (Wildman–Crippen MR) is 81.7 cm³/mol. The van der Waals surface area contributed by atoms with Gasteiger partial charge in [0.15, 0.2) is 0 Å². The van der Waals surface area contributed by atoms with Crippen molar-refractivity contribution >= 4 is 17.3 Å². The summed E-state index contributed by atoms with van der Waals surface area (Å²) in [6.45, 7) is 0.771. The Bertz CT molecular complexity index is 639. The molecule has 0 N–H and O–H groups in total. The predicted octanol–water partition coefficient (Wildman–Crippen LogP) is 2.92. The van der Waals surface area contributed by atoms with Gasteiger partial charge in [-0.3, -0.25) is 14.9 Å². The lowest BCUT2D eigenvalue weighted by Crippen LogP contribution is -2.40. The Kier molecular flexibility index (Phi) is 5.00. The maximum absolute atomic E-state index is 12.7. The molecule has 0 aromatic heterocycles. The van der Waals surface area contributed by atoms with Gasteiger partial charge < -0.3 is 9.80 Å². The molecule has 0 unspecified atom stereocenters. The van der Waals surface area contributed by atoms with Crippen LogP contribution in [0.1, 0.15) is 18.4 Å². The van der Waals surface area contributed by atoms with Crippen LogP contribution in [0.25, 0.3) is 0 Å². The third kappa shape index (κ3) is 3.77. The molecule has 132 valence electrons. The summed E-state index contributed by atoms with van der Waals surface area (Å²) >= 11 is 0. The first-order valence-electron chi connectivity index (χ1n) is 7.43. The number of halogens is 3. The van der Waals surface area contributed by atoms with Gasteiger partial charge in [-0.25, -0.2) is 0 Å². The Morgan fingerprint density at radius 2 is 1.88 bits per heavy atom. The second kappa shape index (κ2) is 6.66. The molecule has 1 saturated heterocycles. The molecule has 6 nitrogen and oxygen atoms in total. The van der Waals surface area contributed by atoms with E-state index >= 15 is 0 Å². The molecular weight excluding hydrogens is 327 g/mol.